The summed E-state index contributed by atoms with van der Waals surface area (Å²) in [5, 5.41) is 0. The molecule has 0 spiro atoms. The molecule has 2 aromatic carbocycles. The molecule has 1 heterocycles. The van der Waals surface area contributed by atoms with Gasteiger partial charge in [-0.1, -0.05) is 61.5 Å². The van der Waals surface area contributed by atoms with Crippen LogP contribution in [0.4, 0.5) is 0 Å². The van der Waals surface area contributed by atoms with E-state index in [0.717, 1.165) is 11.1 Å². The van der Waals surface area contributed by atoms with Crippen LogP contribution in [0.25, 0.3) is 0 Å². The Kier molecular flexibility index (Phi) is 3.83. The van der Waals surface area contributed by atoms with Crippen molar-refractivity contribution in [3.8, 4) is 0 Å². The van der Waals surface area contributed by atoms with E-state index in [1.807, 2.05) is 48.5 Å². The van der Waals surface area contributed by atoms with Crippen molar-refractivity contribution in [3.63, 3.8) is 0 Å². The van der Waals surface area contributed by atoms with Crippen LogP contribution in [0.1, 0.15) is 29.5 Å². The maximum absolute atomic E-state index is 12.6. The fraction of sp³-hybridized carbons (Fsp3) is 0.294. The third-order valence-electron chi connectivity index (χ3n) is 4.00. The quantitative estimate of drug-likeness (QED) is 0.873. The highest BCUT2D eigenvalue weighted by molar-refractivity contribution is 7.88. The Bertz CT molecular complexity index is 725. The summed E-state index contributed by atoms with van der Waals surface area (Å²) in [7, 11) is -3.28. The Hall–Kier alpha value is -1.65. The summed E-state index contributed by atoms with van der Waals surface area (Å²) in [5.41, 5.74) is 3.22. The number of sulfonamides is 1. The van der Waals surface area contributed by atoms with Gasteiger partial charge < -0.3 is 0 Å². The van der Waals surface area contributed by atoms with Gasteiger partial charge in [-0.2, -0.15) is 4.31 Å². The zero-order chi connectivity index (χ0) is 14.9. The van der Waals surface area contributed by atoms with E-state index in [4.69, 9.17) is 0 Å². The van der Waals surface area contributed by atoms with Crippen LogP contribution in [0.5, 0.6) is 0 Å². The second kappa shape index (κ2) is 5.62. The van der Waals surface area contributed by atoms with Gasteiger partial charge in [0.05, 0.1) is 5.75 Å². The van der Waals surface area contributed by atoms with Gasteiger partial charge in [-0.3, -0.25) is 0 Å². The van der Waals surface area contributed by atoms with Crippen molar-refractivity contribution in [2.24, 2.45) is 0 Å². The molecular weight excluding hydrogens is 282 g/mol. The third-order valence-corrected chi connectivity index (χ3v) is 5.76. The molecule has 110 valence electrons. The molecule has 3 nitrogen and oxygen atoms in total. The van der Waals surface area contributed by atoms with E-state index in [1.165, 1.54) is 5.56 Å². The van der Waals surface area contributed by atoms with Crippen molar-refractivity contribution in [2.45, 2.75) is 25.1 Å². The molecule has 1 unspecified atom stereocenters. The van der Waals surface area contributed by atoms with Crippen LogP contribution in [-0.4, -0.2) is 19.3 Å². The molecule has 0 bridgehead atoms. The summed E-state index contributed by atoms with van der Waals surface area (Å²) in [6.07, 6.45) is 0. The van der Waals surface area contributed by atoms with E-state index in [1.54, 1.807) is 4.31 Å². The molecule has 2 aromatic rings. The van der Waals surface area contributed by atoms with Crippen molar-refractivity contribution < 1.29 is 8.42 Å². The van der Waals surface area contributed by atoms with Gasteiger partial charge in [0, 0.05) is 13.1 Å². The van der Waals surface area contributed by atoms with Gasteiger partial charge in [0.1, 0.15) is 0 Å². The lowest BCUT2D eigenvalue weighted by molar-refractivity contribution is 0.363. The number of fused-ring (bicyclic) bond motifs is 1. The van der Waals surface area contributed by atoms with Crippen LogP contribution in [0.15, 0.2) is 54.6 Å². The van der Waals surface area contributed by atoms with Gasteiger partial charge >= 0.3 is 0 Å². The average Bonchev–Trinajstić information content (AvgIpc) is 2.48. The Balaban J connectivity index is 1.85. The largest absolute Gasteiger partial charge is 0.218 e. The molecule has 0 saturated carbocycles. The minimum absolute atomic E-state index is 0.0721. The standard InChI is InChI=1S/C17H19NO2S/c1-14-11-18(12-16-9-5-6-10-17(14)16)21(19,20)13-15-7-3-2-4-8-15/h2-10,14H,11-13H2,1H3. The van der Waals surface area contributed by atoms with E-state index in [2.05, 4.69) is 13.0 Å². The summed E-state index contributed by atoms with van der Waals surface area (Å²) in [6.45, 7) is 3.13. The van der Waals surface area contributed by atoms with Crippen molar-refractivity contribution in [1.82, 2.24) is 4.31 Å². The van der Waals surface area contributed by atoms with E-state index >= 15 is 0 Å². The third kappa shape index (κ3) is 3.01. The number of hydrogen-bond donors (Lipinski definition) is 0. The maximum Gasteiger partial charge on any atom is 0.218 e. The molecule has 21 heavy (non-hydrogen) atoms. The molecule has 1 aliphatic heterocycles. The Morgan fingerprint density at radius 2 is 1.71 bits per heavy atom. The van der Waals surface area contributed by atoms with E-state index in [-0.39, 0.29) is 11.7 Å². The molecule has 0 fully saturated rings. The molecule has 0 aliphatic carbocycles. The Morgan fingerprint density at radius 3 is 2.48 bits per heavy atom. The first kappa shape index (κ1) is 14.3. The molecule has 0 radical (unpaired) electrons. The zero-order valence-corrected chi connectivity index (χ0v) is 12.9. The predicted molar refractivity (Wildman–Crippen MR) is 84.3 cm³/mol. The Labute approximate surface area is 126 Å². The van der Waals surface area contributed by atoms with Crippen LogP contribution < -0.4 is 0 Å². The topological polar surface area (TPSA) is 37.4 Å². The smallest absolute Gasteiger partial charge is 0.212 e. The fourth-order valence-corrected chi connectivity index (χ4v) is 4.49. The van der Waals surface area contributed by atoms with Crippen molar-refractivity contribution in [1.29, 1.82) is 0 Å². The lowest BCUT2D eigenvalue weighted by Gasteiger charge is -2.32. The molecule has 3 rings (SSSR count). The first-order valence-electron chi connectivity index (χ1n) is 7.16. The molecule has 0 amide bonds. The van der Waals surface area contributed by atoms with Gasteiger partial charge in [0.25, 0.3) is 0 Å². The second-order valence-electron chi connectivity index (χ2n) is 5.63. The van der Waals surface area contributed by atoms with Gasteiger partial charge in [0.2, 0.25) is 10.0 Å². The van der Waals surface area contributed by atoms with Crippen molar-refractivity contribution in [3.05, 3.63) is 71.3 Å². The maximum atomic E-state index is 12.6. The molecule has 1 atom stereocenters. The molecule has 4 heteroatoms. The summed E-state index contributed by atoms with van der Waals surface area (Å²) in [5.74, 6) is 0.309. The minimum Gasteiger partial charge on any atom is -0.212 e. The number of rotatable bonds is 3. The zero-order valence-electron chi connectivity index (χ0n) is 12.1. The highest BCUT2D eigenvalue weighted by Gasteiger charge is 2.30. The summed E-state index contributed by atoms with van der Waals surface area (Å²) >= 11 is 0. The second-order valence-corrected chi connectivity index (χ2v) is 7.60. The van der Waals surface area contributed by atoms with Gasteiger partial charge in [0.15, 0.2) is 0 Å². The number of benzene rings is 2. The SMILES string of the molecule is CC1CN(S(=O)(=O)Cc2ccccc2)Cc2ccccc21. The van der Waals surface area contributed by atoms with Crippen molar-refractivity contribution in [2.75, 3.05) is 6.54 Å². The minimum atomic E-state index is -3.28. The van der Waals surface area contributed by atoms with Crippen molar-refractivity contribution >= 4 is 10.0 Å². The Morgan fingerprint density at radius 1 is 1.05 bits per heavy atom. The van der Waals surface area contributed by atoms with Gasteiger partial charge in [-0.05, 0) is 22.6 Å². The lowest BCUT2D eigenvalue weighted by Crippen LogP contribution is -2.38. The number of nitrogens with zero attached hydrogens (tertiary/aromatic N) is 1. The highest BCUT2D eigenvalue weighted by atomic mass is 32.2. The molecule has 0 aromatic heterocycles. The van der Waals surface area contributed by atoms with Crippen LogP contribution >= 0.6 is 0 Å². The summed E-state index contributed by atoms with van der Waals surface area (Å²) in [4.78, 5) is 0. The number of hydrogen-bond acceptors (Lipinski definition) is 2. The first-order valence-corrected chi connectivity index (χ1v) is 8.77. The molecule has 0 saturated heterocycles. The molecule has 1 aliphatic rings. The monoisotopic (exact) mass is 301 g/mol. The molecule has 0 N–H and O–H groups in total. The van der Waals surface area contributed by atoms with Gasteiger partial charge in [-0.15, -0.1) is 0 Å². The average molecular weight is 301 g/mol. The predicted octanol–water partition coefficient (Wildman–Crippen LogP) is 3.14. The van der Waals surface area contributed by atoms with Crippen LogP contribution in [0.2, 0.25) is 0 Å². The first-order chi connectivity index (χ1) is 10.1. The highest BCUT2D eigenvalue weighted by Crippen LogP contribution is 2.30. The fourth-order valence-electron chi connectivity index (χ4n) is 2.91. The van der Waals surface area contributed by atoms with E-state index in [9.17, 15) is 8.42 Å². The summed E-state index contributed by atoms with van der Waals surface area (Å²) < 4.78 is 26.9. The summed E-state index contributed by atoms with van der Waals surface area (Å²) in [6, 6.07) is 17.5. The lowest BCUT2D eigenvalue weighted by atomic mass is 9.92. The van der Waals surface area contributed by atoms with Crippen LogP contribution in [-0.2, 0) is 22.3 Å². The van der Waals surface area contributed by atoms with Gasteiger partial charge in [-0.25, -0.2) is 8.42 Å². The normalized spacial score (nSPS) is 19.2. The van der Waals surface area contributed by atoms with E-state index in [0.29, 0.717) is 13.1 Å². The van der Waals surface area contributed by atoms with Crippen LogP contribution in [0, 0.1) is 0 Å². The van der Waals surface area contributed by atoms with Crippen LogP contribution in [0.3, 0.4) is 0 Å². The molecular formula is C17H19NO2S. The van der Waals surface area contributed by atoms with E-state index < -0.39 is 10.0 Å².